The summed E-state index contributed by atoms with van der Waals surface area (Å²) in [5.41, 5.74) is 0.980. The van der Waals surface area contributed by atoms with Crippen LogP contribution in [0.4, 0.5) is 5.69 Å². The monoisotopic (exact) mass is 295 g/mol. The first kappa shape index (κ1) is 15.4. The van der Waals surface area contributed by atoms with Crippen molar-refractivity contribution in [3.8, 4) is 6.07 Å². The number of carbonyl (C=O) groups is 1. The van der Waals surface area contributed by atoms with Gasteiger partial charge in [-0.3, -0.25) is 4.79 Å². The standard InChI is InChI=1S/C17H17N3O2/c1-2-20(15-7-4-3-5-8-15)13-14(11-18)17(21)19-12-16-9-6-10-22-16/h3-10,13H,2,12H2,1H3,(H,19,21)/b14-13-. The Kier molecular flexibility index (Phi) is 5.38. The molecule has 0 saturated carbocycles. The molecule has 112 valence electrons. The van der Waals surface area contributed by atoms with Gasteiger partial charge in [0.05, 0.1) is 12.8 Å². The summed E-state index contributed by atoms with van der Waals surface area (Å²) < 4.78 is 5.14. The summed E-state index contributed by atoms with van der Waals surface area (Å²) in [6, 6.07) is 15.0. The first-order valence-electron chi connectivity index (χ1n) is 6.98. The van der Waals surface area contributed by atoms with Crippen molar-refractivity contribution in [3.05, 3.63) is 66.3 Å². The van der Waals surface area contributed by atoms with Crippen LogP contribution in [0.25, 0.3) is 0 Å². The number of hydrogen-bond donors (Lipinski definition) is 1. The first-order chi connectivity index (χ1) is 10.7. The molecular formula is C17H17N3O2. The van der Waals surface area contributed by atoms with Gasteiger partial charge in [-0.05, 0) is 31.2 Å². The van der Waals surface area contributed by atoms with Gasteiger partial charge in [0.2, 0.25) is 0 Å². The van der Waals surface area contributed by atoms with Crippen molar-refractivity contribution in [2.75, 3.05) is 11.4 Å². The topological polar surface area (TPSA) is 69.3 Å². The number of amides is 1. The molecule has 1 N–H and O–H groups in total. The smallest absolute Gasteiger partial charge is 0.263 e. The maximum Gasteiger partial charge on any atom is 0.263 e. The molecule has 0 fully saturated rings. The van der Waals surface area contributed by atoms with Crippen LogP contribution in [0.15, 0.2) is 64.9 Å². The lowest BCUT2D eigenvalue weighted by Crippen LogP contribution is -2.26. The predicted octanol–water partition coefficient (Wildman–Crippen LogP) is 2.83. The summed E-state index contributed by atoms with van der Waals surface area (Å²) in [7, 11) is 0. The maximum atomic E-state index is 12.1. The molecule has 22 heavy (non-hydrogen) atoms. The Balaban J connectivity index is 2.08. The summed E-state index contributed by atoms with van der Waals surface area (Å²) in [4.78, 5) is 13.9. The maximum absolute atomic E-state index is 12.1. The quantitative estimate of drug-likeness (QED) is 0.657. The fourth-order valence-corrected chi connectivity index (χ4v) is 1.94. The van der Waals surface area contributed by atoms with E-state index < -0.39 is 5.91 Å². The molecule has 0 bridgehead atoms. The molecule has 1 amide bonds. The SMILES string of the molecule is CCN(/C=C(/C#N)C(=O)NCc1ccco1)c1ccccc1. The summed E-state index contributed by atoms with van der Waals surface area (Å²) in [5.74, 6) is 0.217. The lowest BCUT2D eigenvalue weighted by Gasteiger charge is -2.18. The predicted molar refractivity (Wildman–Crippen MR) is 83.7 cm³/mol. The van der Waals surface area contributed by atoms with Gasteiger partial charge in [-0.15, -0.1) is 0 Å². The summed E-state index contributed by atoms with van der Waals surface area (Å²) in [6.07, 6.45) is 3.10. The fourth-order valence-electron chi connectivity index (χ4n) is 1.94. The van der Waals surface area contributed by atoms with E-state index in [9.17, 15) is 10.1 Å². The van der Waals surface area contributed by atoms with E-state index in [4.69, 9.17) is 4.42 Å². The molecule has 2 rings (SSSR count). The van der Waals surface area contributed by atoms with Gasteiger partial charge in [-0.1, -0.05) is 18.2 Å². The minimum Gasteiger partial charge on any atom is -0.467 e. The zero-order chi connectivity index (χ0) is 15.8. The molecule has 0 unspecified atom stereocenters. The Bertz CT molecular complexity index is 670. The molecule has 2 aromatic rings. The van der Waals surface area contributed by atoms with Gasteiger partial charge in [0.25, 0.3) is 5.91 Å². The number of carbonyl (C=O) groups excluding carboxylic acids is 1. The van der Waals surface area contributed by atoms with Crippen molar-refractivity contribution in [2.45, 2.75) is 13.5 Å². The lowest BCUT2D eigenvalue weighted by molar-refractivity contribution is -0.117. The number of benzene rings is 1. The van der Waals surface area contributed by atoms with Crippen molar-refractivity contribution < 1.29 is 9.21 Å². The molecule has 5 nitrogen and oxygen atoms in total. The molecule has 1 aromatic heterocycles. The van der Waals surface area contributed by atoms with Crippen molar-refractivity contribution in [1.82, 2.24) is 5.32 Å². The van der Waals surface area contributed by atoms with E-state index in [1.165, 1.54) is 6.26 Å². The highest BCUT2D eigenvalue weighted by Crippen LogP contribution is 2.14. The normalized spacial score (nSPS) is 10.8. The molecule has 0 saturated heterocycles. The van der Waals surface area contributed by atoms with Crippen LogP contribution < -0.4 is 10.2 Å². The van der Waals surface area contributed by atoms with Gasteiger partial charge in [0.1, 0.15) is 17.4 Å². The molecule has 1 aromatic carbocycles. The minimum absolute atomic E-state index is 0.0530. The van der Waals surface area contributed by atoms with Crippen LogP contribution in [-0.4, -0.2) is 12.5 Å². The summed E-state index contributed by atoms with van der Waals surface area (Å²) in [6.45, 7) is 2.86. The van der Waals surface area contributed by atoms with E-state index in [-0.39, 0.29) is 12.1 Å². The number of rotatable bonds is 6. The fraction of sp³-hybridized carbons (Fsp3) is 0.176. The van der Waals surface area contributed by atoms with E-state index in [2.05, 4.69) is 5.32 Å². The molecular weight excluding hydrogens is 278 g/mol. The van der Waals surface area contributed by atoms with Crippen LogP contribution in [0.2, 0.25) is 0 Å². The summed E-state index contributed by atoms with van der Waals surface area (Å²) >= 11 is 0. The Labute approximate surface area is 129 Å². The van der Waals surface area contributed by atoms with E-state index in [0.717, 1.165) is 5.69 Å². The van der Waals surface area contributed by atoms with Gasteiger partial charge in [0.15, 0.2) is 0 Å². The molecule has 0 spiro atoms. The van der Waals surface area contributed by atoms with Crippen LogP contribution in [0, 0.1) is 11.3 Å². The van der Waals surface area contributed by atoms with Crippen molar-refractivity contribution >= 4 is 11.6 Å². The molecule has 0 aliphatic carbocycles. The van der Waals surface area contributed by atoms with Gasteiger partial charge in [0, 0.05) is 18.4 Å². The van der Waals surface area contributed by atoms with E-state index in [1.54, 1.807) is 18.3 Å². The second-order valence-electron chi connectivity index (χ2n) is 4.54. The number of nitriles is 1. The van der Waals surface area contributed by atoms with Gasteiger partial charge < -0.3 is 14.6 Å². The second-order valence-corrected chi connectivity index (χ2v) is 4.54. The third kappa shape index (κ3) is 4.00. The Morgan fingerprint density at radius 1 is 1.32 bits per heavy atom. The van der Waals surface area contributed by atoms with Crippen molar-refractivity contribution in [3.63, 3.8) is 0 Å². The van der Waals surface area contributed by atoms with Crippen LogP contribution in [0.3, 0.4) is 0 Å². The van der Waals surface area contributed by atoms with Crippen molar-refractivity contribution in [2.24, 2.45) is 0 Å². The molecule has 0 radical (unpaired) electrons. The highest BCUT2D eigenvalue weighted by atomic mass is 16.3. The highest BCUT2D eigenvalue weighted by molar-refractivity contribution is 5.97. The molecule has 1 heterocycles. The largest absolute Gasteiger partial charge is 0.467 e. The van der Waals surface area contributed by atoms with Crippen molar-refractivity contribution in [1.29, 1.82) is 5.26 Å². The first-order valence-corrected chi connectivity index (χ1v) is 6.98. The average Bonchev–Trinajstić information content (AvgIpc) is 3.08. The average molecular weight is 295 g/mol. The number of anilines is 1. The van der Waals surface area contributed by atoms with E-state index >= 15 is 0 Å². The number of furan rings is 1. The third-order valence-electron chi connectivity index (χ3n) is 3.08. The molecule has 0 aliphatic rings. The molecule has 5 heteroatoms. The Hall–Kier alpha value is -3.00. The van der Waals surface area contributed by atoms with Gasteiger partial charge in [-0.2, -0.15) is 5.26 Å². The summed E-state index contributed by atoms with van der Waals surface area (Å²) in [5, 5.41) is 11.9. The lowest BCUT2D eigenvalue weighted by atomic mass is 10.2. The third-order valence-corrected chi connectivity index (χ3v) is 3.08. The zero-order valence-corrected chi connectivity index (χ0v) is 12.3. The number of nitrogens with zero attached hydrogens (tertiary/aromatic N) is 2. The van der Waals surface area contributed by atoms with Gasteiger partial charge in [-0.25, -0.2) is 0 Å². The molecule has 0 atom stereocenters. The van der Waals surface area contributed by atoms with Gasteiger partial charge >= 0.3 is 0 Å². The number of nitrogens with one attached hydrogen (secondary N) is 1. The molecule has 0 aliphatic heterocycles. The second kappa shape index (κ2) is 7.70. The van der Waals surface area contributed by atoms with Crippen LogP contribution in [0.5, 0.6) is 0 Å². The van der Waals surface area contributed by atoms with E-state index in [1.807, 2.05) is 48.2 Å². The Morgan fingerprint density at radius 3 is 2.68 bits per heavy atom. The number of hydrogen-bond acceptors (Lipinski definition) is 4. The minimum atomic E-state index is -0.423. The highest BCUT2D eigenvalue weighted by Gasteiger charge is 2.11. The van der Waals surface area contributed by atoms with E-state index in [0.29, 0.717) is 12.3 Å². The van der Waals surface area contributed by atoms with Crippen LogP contribution in [0.1, 0.15) is 12.7 Å². The van der Waals surface area contributed by atoms with Crippen LogP contribution in [-0.2, 0) is 11.3 Å². The zero-order valence-electron chi connectivity index (χ0n) is 12.3. The van der Waals surface area contributed by atoms with Crippen LogP contribution >= 0.6 is 0 Å². The Morgan fingerprint density at radius 2 is 2.09 bits per heavy atom. The number of para-hydroxylation sites is 1.